The number of rotatable bonds is 12. The molecule has 0 spiro atoms. The first-order chi connectivity index (χ1) is 10.7. The van der Waals surface area contributed by atoms with Crippen LogP contribution < -0.4 is 0 Å². The van der Waals surface area contributed by atoms with Crippen LogP contribution in [-0.4, -0.2) is 0 Å². The van der Waals surface area contributed by atoms with Gasteiger partial charge in [0, 0.05) is 0 Å². The standard InChI is InChI=1S/C22H37/c1-5-9-12-19(7-3)16-21-14-11-15-22(18-21)17-20(8-4)13-10-6-2/h11,14,18-20H,5-10,12-13,16-17H2,1-4H3. The summed E-state index contributed by atoms with van der Waals surface area (Å²) in [6, 6.07) is 10.4. The van der Waals surface area contributed by atoms with E-state index in [4.69, 9.17) is 0 Å². The topological polar surface area (TPSA) is 0 Å². The number of unbranched alkanes of at least 4 members (excludes halogenated alkanes) is 2. The Bertz CT molecular complexity index is 346. The first kappa shape index (κ1) is 19.3. The molecule has 1 aromatic rings. The van der Waals surface area contributed by atoms with E-state index in [1.54, 1.807) is 0 Å². The summed E-state index contributed by atoms with van der Waals surface area (Å²) >= 11 is 0. The molecule has 0 fully saturated rings. The normalized spacial score (nSPS) is 14.0. The molecule has 0 aromatic heterocycles. The second-order valence-corrected chi connectivity index (χ2v) is 6.96. The van der Waals surface area contributed by atoms with Crippen molar-refractivity contribution in [2.45, 2.75) is 91.9 Å². The Kier molecular flexibility index (Phi) is 10.3. The Morgan fingerprint density at radius 3 is 2.00 bits per heavy atom. The van der Waals surface area contributed by atoms with Crippen LogP contribution in [0.2, 0.25) is 0 Å². The molecule has 0 aliphatic heterocycles. The van der Waals surface area contributed by atoms with E-state index in [9.17, 15) is 0 Å². The Labute approximate surface area is 139 Å². The van der Waals surface area contributed by atoms with Crippen molar-refractivity contribution in [3.63, 3.8) is 0 Å². The van der Waals surface area contributed by atoms with Crippen molar-refractivity contribution in [3.05, 3.63) is 35.4 Å². The highest BCUT2D eigenvalue weighted by atomic mass is 14.2. The molecule has 0 heteroatoms. The van der Waals surface area contributed by atoms with Crippen LogP contribution in [0.4, 0.5) is 0 Å². The average molecular weight is 302 g/mol. The molecule has 1 radical (unpaired) electrons. The quantitative estimate of drug-likeness (QED) is 0.389. The molecule has 2 atom stereocenters. The largest absolute Gasteiger partial charge is 0.0654 e. The molecule has 0 aliphatic carbocycles. The fourth-order valence-corrected chi connectivity index (χ4v) is 3.35. The zero-order chi connectivity index (χ0) is 16.2. The monoisotopic (exact) mass is 301 g/mol. The molecule has 1 rings (SSSR count). The highest BCUT2D eigenvalue weighted by molar-refractivity contribution is 5.23. The van der Waals surface area contributed by atoms with E-state index in [-0.39, 0.29) is 0 Å². The van der Waals surface area contributed by atoms with Gasteiger partial charge in [-0.15, -0.1) is 0 Å². The van der Waals surface area contributed by atoms with Gasteiger partial charge in [0.15, 0.2) is 0 Å². The molecule has 2 unspecified atom stereocenters. The number of benzene rings is 1. The minimum Gasteiger partial charge on any atom is -0.0654 e. The molecule has 0 nitrogen and oxygen atoms in total. The molecule has 0 N–H and O–H groups in total. The molecule has 22 heavy (non-hydrogen) atoms. The van der Waals surface area contributed by atoms with Crippen LogP contribution in [0.15, 0.2) is 18.2 Å². The maximum atomic E-state index is 3.48. The van der Waals surface area contributed by atoms with Crippen LogP contribution in [0, 0.1) is 17.9 Å². The molecular formula is C22H37. The summed E-state index contributed by atoms with van der Waals surface area (Å²) in [6.45, 7) is 9.26. The fourth-order valence-electron chi connectivity index (χ4n) is 3.35. The van der Waals surface area contributed by atoms with E-state index in [0.29, 0.717) is 0 Å². The third-order valence-electron chi connectivity index (χ3n) is 5.05. The highest BCUT2D eigenvalue weighted by Crippen LogP contribution is 2.22. The Balaban J connectivity index is 2.60. The zero-order valence-electron chi connectivity index (χ0n) is 15.5. The van der Waals surface area contributed by atoms with Gasteiger partial charge < -0.3 is 0 Å². The SMILES string of the molecule is CCCCC(CC)Cc1[c]ccc(CC(CC)CCCC)c1. The van der Waals surface area contributed by atoms with Crippen molar-refractivity contribution in [3.8, 4) is 0 Å². The molecule has 1 aromatic carbocycles. The van der Waals surface area contributed by atoms with Gasteiger partial charge in [-0.3, -0.25) is 0 Å². The van der Waals surface area contributed by atoms with Crippen LogP contribution in [-0.2, 0) is 12.8 Å². The highest BCUT2D eigenvalue weighted by Gasteiger charge is 2.10. The average Bonchev–Trinajstić information content (AvgIpc) is 2.55. The maximum absolute atomic E-state index is 3.48. The van der Waals surface area contributed by atoms with E-state index < -0.39 is 0 Å². The maximum Gasteiger partial charge on any atom is -0.0149 e. The minimum atomic E-state index is 0.841. The van der Waals surface area contributed by atoms with Gasteiger partial charge in [-0.25, -0.2) is 0 Å². The van der Waals surface area contributed by atoms with Gasteiger partial charge in [-0.2, -0.15) is 0 Å². The van der Waals surface area contributed by atoms with Gasteiger partial charge in [0.05, 0.1) is 0 Å². The predicted molar refractivity (Wildman–Crippen MR) is 99.3 cm³/mol. The van der Waals surface area contributed by atoms with Crippen LogP contribution in [0.1, 0.15) is 90.2 Å². The molecule has 0 saturated heterocycles. The van der Waals surface area contributed by atoms with Gasteiger partial charge in [-0.05, 0) is 41.9 Å². The smallest absolute Gasteiger partial charge is 0.0149 e. The minimum absolute atomic E-state index is 0.841. The van der Waals surface area contributed by atoms with Crippen molar-refractivity contribution in [1.82, 2.24) is 0 Å². The van der Waals surface area contributed by atoms with E-state index in [1.165, 1.54) is 75.3 Å². The van der Waals surface area contributed by atoms with E-state index in [0.717, 1.165) is 11.8 Å². The lowest BCUT2D eigenvalue weighted by atomic mass is 9.88. The Morgan fingerprint density at radius 2 is 1.45 bits per heavy atom. The van der Waals surface area contributed by atoms with Crippen LogP contribution in [0.5, 0.6) is 0 Å². The van der Waals surface area contributed by atoms with Gasteiger partial charge in [0.25, 0.3) is 0 Å². The van der Waals surface area contributed by atoms with Crippen molar-refractivity contribution in [2.24, 2.45) is 11.8 Å². The third-order valence-corrected chi connectivity index (χ3v) is 5.05. The van der Waals surface area contributed by atoms with Crippen molar-refractivity contribution < 1.29 is 0 Å². The van der Waals surface area contributed by atoms with Gasteiger partial charge in [0.1, 0.15) is 0 Å². The van der Waals surface area contributed by atoms with Gasteiger partial charge >= 0.3 is 0 Å². The molecule has 0 saturated carbocycles. The molecule has 0 heterocycles. The lowest BCUT2D eigenvalue weighted by molar-refractivity contribution is 0.444. The molecule has 0 bridgehead atoms. The van der Waals surface area contributed by atoms with E-state index in [1.807, 2.05) is 0 Å². The molecular weight excluding hydrogens is 264 g/mol. The number of hydrogen-bond acceptors (Lipinski definition) is 0. The molecule has 125 valence electrons. The Hall–Kier alpha value is -0.780. The second-order valence-electron chi connectivity index (χ2n) is 6.96. The lowest BCUT2D eigenvalue weighted by Crippen LogP contribution is -2.06. The van der Waals surface area contributed by atoms with E-state index in [2.05, 4.69) is 52.0 Å². The first-order valence-electron chi connectivity index (χ1n) is 9.72. The lowest BCUT2D eigenvalue weighted by Gasteiger charge is -2.17. The summed E-state index contributed by atoms with van der Waals surface area (Å²) in [5, 5.41) is 0. The van der Waals surface area contributed by atoms with Gasteiger partial charge in [0.2, 0.25) is 0 Å². The van der Waals surface area contributed by atoms with E-state index >= 15 is 0 Å². The summed E-state index contributed by atoms with van der Waals surface area (Å²) in [7, 11) is 0. The second kappa shape index (κ2) is 11.7. The Morgan fingerprint density at radius 1 is 0.864 bits per heavy atom. The van der Waals surface area contributed by atoms with Crippen molar-refractivity contribution in [2.75, 3.05) is 0 Å². The van der Waals surface area contributed by atoms with Crippen molar-refractivity contribution >= 4 is 0 Å². The number of hydrogen-bond donors (Lipinski definition) is 0. The van der Waals surface area contributed by atoms with Crippen LogP contribution >= 0.6 is 0 Å². The zero-order valence-corrected chi connectivity index (χ0v) is 15.5. The molecule has 0 amide bonds. The first-order valence-corrected chi connectivity index (χ1v) is 9.72. The summed E-state index contributed by atoms with van der Waals surface area (Å²) < 4.78 is 0. The third kappa shape index (κ3) is 7.47. The van der Waals surface area contributed by atoms with Crippen LogP contribution in [0.3, 0.4) is 0 Å². The summed E-state index contributed by atoms with van der Waals surface area (Å²) in [5.41, 5.74) is 2.97. The predicted octanol–water partition coefficient (Wildman–Crippen LogP) is 7.00. The van der Waals surface area contributed by atoms with Gasteiger partial charge in [-0.1, -0.05) is 97.3 Å². The fraction of sp³-hybridized carbons (Fsp3) is 0.727. The summed E-state index contributed by atoms with van der Waals surface area (Å²) in [6.07, 6.45) is 13.2. The summed E-state index contributed by atoms with van der Waals surface area (Å²) in [5.74, 6) is 1.70. The van der Waals surface area contributed by atoms with Crippen LogP contribution in [0.25, 0.3) is 0 Å². The summed E-state index contributed by atoms with van der Waals surface area (Å²) in [4.78, 5) is 0. The molecule has 0 aliphatic rings. The van der Waals surface area contributed by atoms with Crippen molar-refractivity contribution in [1.29, 1.82) is 0 Å².